The van der Waals surface area contributed by atoms with Gasteiger partial charge in [0.2, 0.25) is 0 Å². The van der Waals surface area contributed by atoms with Crippen LogP contribution in [0.15, 0.2) is 48.7 Å². The summed E-state index contributed by atoms with van der Waals surface area (Å²) in [5.74, 6) is 4.69. The Morgan fingerprint density at radius 1 is 1.11 bits per heavy atom. The van der Waals surface area contributed by atoms with Gasteiger partial charge in [-0.15, -0.1) is 0 Å². The van der Waals surface area contributed by atoms with Crippen molar-refractivity contribution in [2.24, 2.45) is 5.84 Å². The third kappa shape index (κ3) is 3.02. The largest absolute Gasteiger partial charge is 0.290 e. The van der Waals surface area contributed by atoms with Crippen molar-refractivity contribution in [3.8, 4) is 0 Å². The molecule has 4 nitrogen and oxygen atoms in total. The van der Waals surface area contributed by atoms with E-state index in [0.717, 1.165) is 11.3 Å². The molecule has 0 saturated carbocycles. The molecule has 0 aliphatic heterocycles. The van der Waals surface area contributed by atoms with Crippen molar-refractivity contribution in [3.05, 3.63) is 65.5 Å². The number of nitrogens with one attached hydrogen (secondary N) is 1. The van der Waals surface area contributed by atoms with Crippen molar-refractivity contribution in [1.29, 1.82) is 0 Å². The quantitative estimate of drug-likeness (QED) is 0.488. The Bertz CT molecular complexity index is 547. The monoisotopic (exact) mass is 239 g/mol. The van der Waals surface area contributed by atoms with Crippen molar-refractivity contribution < 1.29 is 4.79 Å². The van der Waals surface area contributed by atoms with Crippen LogP contribution in [0.5, 0.6) is 0 Å². The molecule has 0 unspecified atom stereocenters. The lowest BCUT2D eigenvalue weighted by Gasteiger charge is -1.99. The minimum Gasteiger partial charge on any atom is -0.290 e. The van der Waals surface area contributed by atoms with Gasteiger partial charge in [-0.2, -0.15) is 0 Å². The van der Waals surface area contributed by atoms with E-state index in [4.69, 9.17) is 5.84 Å². The number of nitrogen functional groups attached to an aromatic ring is 1. The van der Waals surface area contributed by atoms with Gasteiger partial charge in [0.1, 0.15) is 0 Å². The van der Waals surface area contributed by atoms with E-state index in [0.29, 0.717) is 5.56 Å². The maximum atomic E-state index is 11.2. The van der Waals surface area contributed by atoms with E-state index in [-0.39, 0.29) is 5.91 Å². The van der Waals surface area contributed by atoms with Gasteiger partial charge >= 0.3 is 0 Å². The van der Waals surface area contributed by atoms with Crippen LogP contribution < -0.4 is 11.3 Å². The summed E-state index contributed by atoms with van der Waals surface area (Å²) in [6.07, 6.45) is 5.34. The number of rotatable bonds is 3. The van der Waals surface area contributed by atoms with E-state index in [1.54, 1.807) is 12.1 Å². The normalized spacial score (nSPS) is 10.5. The molecule has 2 rings (SSSR count). The number of carbonyl (C=O) groups is 1. The molecule has 4 heteroatoms. The summed E-state index contributed by atoms with van der Waals surface area (Å²) in [5.41, 5.74) is 4.39. The van der Waals surface area contributed by atoms with Crippen molar-refractivity contribution in [3.63, 3.8) is 0 Å². The lowest BCUT2D eigenvalue weighted by atomic mass is 10.2. The molecule has 1 heterocycles. The van der Waals surface area contributed by atoms with Gasteiger partial charge in [0.25, 0.3) is 5.91 Å². The first-order chi connectivity index (χ1) is 8.79. The molecule has 0 aliphatic carbocycles. The number of carbonyl (C=O) groups excluding carboxylic acids is 1. The summed E-state index contributed by atoms with van der Waals surface area (Å²) < 4.78 is 0. The molecule has 0 saturated heterocycles. The molecule has 1 aromatic heterocycles. The number of nitrogens with two attached hydrogens (primary N) is 1. The molecule has 0 bridgehead atoms. The van der Waals surface area contributed by atoms with Crippen LogP contribution in [0.1, 0.15) is 21.6 Å². The van der Waals surface area contributed by atoms with E-state index >= 15 is 0 Å². The zero-order valence-electron chi connectivity index (χ0n) is 9.71. The van der Waals surface area contributed by atoms with Crippen LogP contribution in [0.2, 0.25) is 0 Å². The molecular weight excluding hydrogens is 226 g/mol. The van der Waals surface area contributed by atoms with Gasteiger partial charge in [-0.1, -0.05) is 36.4 Å². The highest BCUT2D eigenvalue weighted by molar-refractivity contribution is 5.93. The average molecular weight is 239 g/mol. The highest BCUT2D eigenvalue weighted by Crippen LogP contribution is 2.06. The maximum Gasteiger partial charge on any atom is 0.266 e. The fourth-order valence-electron chi connectivity index (χ4n) is 1.47. The second kappa shape index (κ2) is 5.75. The minimum atomic E-state index is -0.346. The van der Waals surface area contributed by atoms with E-state index in [9.17, 15) is 4.79 Å². The SMILES string of the molecule is NNC(=O)c1ccc(/C=C/c2ccccc2)nc1. The maximum absolute atomic E-state index is 11.2. The number of benzene rings is 1. The Kier molecular flexibility index (Phi) is 3.83. The van der Waals surface area contributed by atoms with Crippen LogP contribution in [-0.4, -0.2) is 10.9 Å². The lowest BCUT2D eigenvalue weighted by Crippen LogP contribution is -2.30. The van der Waals surface area contributed by atoms with Gasteiger partial charge < -0.3 is 0 Å². The van der Waals surface area contributed by atoms with Crippen LogP contribution in [0.3, 0.4) is 0 Å². The molecule has 18 heavy (non-hydrogen) atoms. The predicted molar refractivity (Wildman–Crippen MR) is 71.3 cm³/mol. The second-order valence-corrected chi connectivity index (χ2v) is 3.69. The Morgan fingerprint density at radius 2 is 1.89 bits per heavy atom. The smallest absolute Gasteiger partial charge is 0.266 e. The molecule has 0 radical (unpaired) electrons. The summed E-state index contributed by atoms with van der Waals surface area (Å²) in [7, 11) is 0. The number of hydrogen-bond acceptors (Lipinski definition) is 3. The van der Waals surface area contributed by atoms with Crippen LogP contribution in [-0.2, 0) is 0 Å². The fourth-order valence-corrected chi connectivity index (χ4v) is 1.47. The zero-order valence-corrected chi connectivity index (χ0v) is 9.71. The average Bonchev–Trinajstić information content (AvgIpc) is 2.46. The Labute approximate surface area is 105 Å². The first kappa shape index (κ1) is 12.0. The van der Waals surface area contributed by atoms with E-state index < -0.39 is 0 Å². The molecule has 1 amide bonds. The summed E-state index contributed by atoms with van der Waals surface area (Å²) in [4.78, 5) is 15.4. The van der Waals surface area contributed by atoms with Crippen LogP contribution in [0.4, 0.5) is 0 Å². The molecule has 0 spiro atoms. The minimum absolute atomic E-state index is 0.346. The van der Waals surface area contributed by atoms with Crippen molar-refractivity contribution in [1.82, 2.24) is 10.4 Å². The van der Waals surface area contributed by atoms with Gasteiger partial charge in [-0.25, -0.2) is 5.84 Å². The molecule has 0 atom stereocenters. The Morgan fingerprint density at radius 3 is 2.50 bits per heavy atom. The number of aromatic nitrogens is 1. The molecule has 2 aromatic rings. The van der Waals surface area contributed by atoms with Crippen molar-refractivity contribution in [2.75, 3.05) is 0 Å². The lowest BCUT2D eigenvalue weighted by molar-refractivity contribution is 0.0953. The van der Waals surface area contributed by atoms with Crippen molar-refractivity contribution >= 4 is 18.1 Å². The molecular formula is C14H13N3O. The molecule has 0 fully saturated rings. The second-order valence-electron chi connectivity index (χ2n) is 3.69. The van der Waals surface area contributed by atoms with Gasteiger partial charge in [0.05, 0.1) is 11.3 Å². The Hall–Kier alpha value is -2.46. The first-order valence-electron chi connectivity index (χ1n) is 5.50. The van der Waals surface area contributed by atoms with Gasteiger partial charge in [-0.3, -0.25) is 15.2 Å². The molecule has 3 N–H and O–H groups in total. The summed E-state index contributed by atoms with van der Waals surface area (Å²) in [6, 6.07) is 13.4. The standard InChI is InChI=1S/C14H13N3O/c15-17-14(18)12-7-9-13(16-10-12)8-6-11-4-2-1-3-5-11/h1-10H,15H2,(H,17,18)/b8-6+. The molecule has 90 valence electrons. The molecule has 0 aliphatic rings. The topological polar surface area (TPSA) is 68.0 Å². The summed E-state index contributed by atoms with van der Waals surface area (Å²) in [6.45, 7) is 0. The van der Waals surface area contributed by atoms with Crippen LogP contribution in [0.25, 0.3) is 12.2 Å². The summed E-state index contributed by atoms with van der Waals surface area (Å²) >= 11 is 0. The number of pyridine rings is 1. The van der Waals surface area contributed by atoms with Gasteiger partial charge in [-0.05, 0) is 23.8 Å². The third-order valence-corrected chi connectivity index (χ3v) is 2.43. The van der Waals surface area contributed by atoms with Gasteiger partial charge in [0.15, 0.2) is 0 Å². The summed E-state index contributed by atoms with van der Waals surface area (Å²) in [5, 5.41) is 0. The first-order valence-corrected chi connectivity index (χ1v) is 5.50. The number of hydrogen-bond donors (Lipinski definition) is 2. The van der Waals surface area contributed by atoms with Crippen LogP contribution >= 0.6 is 0 Å². The van der Waals surface area contributed by atoms with Crippen LogP contribution in [0, 0.1) is 0 Å². The third-order valence-electron chi connectivity index (χ3n) is 2.43. The van der Waals surface area contributed by atoms with Gasteiger partial charge in [0, 0.05) is 6.20 Å². The molecule has 1 aromatic carbocycles. The number of nitrogens with zero attached hydrogens (tertiary/aromatic N) is 1. The number of hydrazine groups is 1. The highest BCUT2D eigenvalue weighted by atomic mass is 16.2. The highest BCUT2D eigenvalue weighted by Gasteiger charge is 2.02. The van der Waals surface area contributed by atoms with E-state index in [1.165, 1.54) is 6.20 Å². The number of amides is 1. The zero-order chi connectivity index (χ0) is 12.8. The Balaban J connectivity index is 2.11. The fraction of sp³-hybridized carbons (Fsp3) is 0. The van der Waals surface area contributed by atoms with E-state index in [2.05, 4.69) is 10.4 Å². The van der Waals surface area contributed by atoms with E-state index in [1.807, 2.05) is 42.5 Å². The van der Waals surface area contributed by atoms with Crippen molar-refractivity contribution in [2.45, 2.75) is 0 Å². The predicted octanol–water partition coefficient (Wildman–Crippen LogP) is 1.86.